The fourth-order valence-electron chi connectivity index (χ4n) is 2.04. The Morgan fingerprint density at radius 3 is 2.74 bits per heavy atom. The summed E-state index contributed by atoms with van der Waals surface area (Å²) in [6, 6.07) is 4.91. The van der Waals surface area contributed by atoms with Crippen molar-refractivity contribution >= 4 is 29.9 Å². The number of hydrogen-bond acceptors (Lipinski definition) is 3. The SMILES string of the molecule is Cc1ccc(C(N)=O)cc1NC(=O)C1CCCN1.Cl. The second-order valence-corrected chi connectivity index (χ2v) is 4.53. The molecule has 5 nitrogen and oxygen atoms in total. The Morgan fingerprint density at radius 2 is 2.16 bits per heavy atom. The van der Waals surface area contributed by atoms with Crippen LogP contribution >= 0.6 is 12.4 Å². The predicted octanol–water partition coefficient (Wildman–Crippen LogP) is 1.21. The van der Waals surface area contributed by atoms with E-state index in [9.17, 15) is 9.59 Å². The van der Waals surface area contributed by atoms with Crippen LogP contribution in [-0.2, 0) is 4.79 Å². The minimum Gasteiger partial charge on any atom is -0.366 e. The van der Waals surface area contributed by atoms with Gasteiger partial charge in [-0.2, -0.15) is 0 Å². The van der Waals surface area contributed by atoms with Gasteiger partial charge in [0.15, 0.2) is 0 Å². The van der Waals surface area contributed by atoms with E-state index in [0.29, 0.717) is 11.3 Å². The van der Waals surface area contributed by atoms with Gasteiger partial charge in [0.2, 0.25) is 11.8 Å². The van der Waals surface area contributed by atoms with Gasteiger partial charge < -0.3 is 16.4 Å². The molecule has 1 aliphatic rings. The average molecular weight is 284 g/mol. The first-order chi connectivity index (χ1) is 8.58. The zero-order valence-electron chi connectivity index (χ0n) is 10.7. The Bertz CT molecular complexity index is 485. The van der Waals surface area contributed by atoms with Gasteiger partial charge in [-0.3, -0.25) is 9.59 Å². The zero-order chi connectivity index (χ0) is 13.1. The van der Waals surface area contributed by atoms with Crippen molar-refractivity contribution in [3.8, 4) is 0 Å². The maximum Gasteiger partial charge on any atom is 0.248 e. The molecular formula is C13H18ClN3O2. The number of hydrogen-bond donors (Lipinski definition) is 3. The Labute approximate surface area is 118 Å². The minimum absolute atomic E-state index is 0. The summed E-state index contributed by atoms with van der Waals surface area (Å²) in [4.78, 5) is 23.1. The Balaban J connectivity index is 0.00000180. The van der Waals surface area contributed by atoms with E-state index in [2.05, 4.69) is 10.6 Å². The van der Waals surface area contributed by atoms with Crippen molar-refractivity contribution in [3.63, 3.8) is 0 Å². The topological polar surface area (TPSA) is 84.2 Å². The highest BCUT2D eigenvalue weighted by molar-refractivity contribution is 5.98. The lowest BCUT2D eigenvalue weighted by atomic mass is 10.1. The van der Waals surface area contributed by atoms with E-state index >= 15 is 0 Å². The van der Waals surface area contributed by atoms with E-state index < -0.39 is 5.91 Å². The van der Waals surface area contributed by atoms with Gasteiger partial charge in [-0.05, 0) is 44.0 Å². The third-order valence-electron chi connectivity index (χ3n) is 3.16. The quantitative estimate of drug-likeness (QED) is 0.779. The molecule has 1 atom stereocenters. The number of primary amides is 1. The van der Waals surface area contributed by atoms with E-state index in [1.165, 1.54) is 0 Å². The van der Waals surface area contributed by atoms with E-state index in [1.54, 1.807) is 18.2 Å². The van der Waals surface area contributed by atoms with Gasteiger partial charge >= 0.3 is 0 Å². The number of amides is 2. The predicted molar refractivity (Wildman–Crippen MR) is 76.6 cm³/mol. The molecule has 1 aromatic carbocycles. The minimum atomic E-state index is -0.496. The van der Waals surface area contributed by atoms with Crippen LogP contribution in [0.4, 0.5) is 5.69 Å². The summed E-state index contributed by atoms with van der Waals surface area (Å²) in [5, 5.41) is 5.97. The molecule has 1 saturated heterocycles. The Kier molecular flexibility index (Phi) is 5.32. The molecule has 1 fully saturated rings. The molecule has 0 radical (unpaired) electrons. The zero-order valence-corrected chi connectivity index (χ0v) is 11.5. The van der Waals surface area contributed by atoms with Crippen molar-refractivity contribution in [1.82, 2.24) is 5.32 Å². The number of rotatable bonds is 3. The van der Waals surface area contributed by atoms with Crippen LogP contribution in [0.1, 0.15) is 28.8 Å². The highest BCUT2D eigenvalue weighted by Gasteiger charge is 2.22. The van der Waals surface area contributed by atoms with E-state index in [-0.39, 0.29) is 24.4 Å². The number of anilines is 1. The number of carbonyl (C=O) groups excluding carboxylic acids is 2. The van der Waals surface area contributed by atoms with E-state index in [1.807, 2.05) is 6.92 Å². The van der Waals surface area contributed by atoms with Crippen LogP contribution in [0, 0.1) is 6.92 Å². The van der Waals surface area contributed by atoms with E-state index in [0.717, 1.165) is 24.9 Å². The van der Waals surface area contributed by atoms with Gasteiger partial charge in [-0.1, -0.05) is 6.07 Å². The number of nitrogens with one attached hydrogen (secondary N) is 2. The van der Waals surface area contributed by atoms with E-state index in [4.69, 9.17) is 5.73 Å². The van der Waals surface area contributed by atoms with Crippen LogP contribution in [0.3, 0.4) is 0 Å². The van der Waals surface area contributed by atoms with Gasteiger partial charge in [0.1, 0.15) is 0 Å². The molecule has 0 saturated carbocycles. The second kappa shape index (κ2) is 6.54. The van der Waals surface area contributed by atoms with Crippen molar-refractivity contribution in [3.05, 3.63) is 29.3 Å². The summed E-state index contributed by atoms with van der Waals surface area (Å²) in [5.74, 6) is -0.554. The molecule has 104 valence electrons. The van der Waals surface area contributed by atoms with Crippen LogP contribution < -0.4 is 16.4 Å². The van der Waals surface area contributed by atoms with Crippen molar-refractivity contribution in [2.45, 2.75) is 25.8 Å². The van der Waals surface area contributed by atoms with Gasteiger partial charge in [0.05, 0.1) is 6.04 Å². The summed E-state index contributed by atoms with van der Waals surface area (Å²) in [7, 11) is 0. The molecule has 2 amide bonds. The largest absolute Gasteiger partial charge is 0.366 e. The lowest BCUT2D eigenvalue weighted by Gasteiger charge is -2.13. The summed E-state index contributed by atoms with van der Waals surface area (Å²) < 4.78 is 0. The molecule has 0 aliphatic carbocycles. The standard InChI is InChI=1S/C13H17N3O2.ClH/c1-8-4-5-9(12(14)17)7-11(8)16-13(18)10-3-2-6-15-10;/h4-5,7,10,15H,2-3,6H2,1H3,(H2,14,17)(H,16,18);1H. The van der Waals surface area contributed by atoms with Crippen LogP contribution in [0.2, 0.25) is 0 Å². The molecule has 19 heavy (non-hydrogen) atoms. The normalized spacial score (nSPS) is 17.6. The molecule has 1 aliphatic heterocycles. The van der Waals surface area contributed by atoms with Crippen molar-refractivity contribution in [2.24, 2.45) is 5.73 Å². The first kappa shape index (κ1) is 15.5. The Morgan fingerprint density at radius 1 is 1.42 bits per heavy atom. The maximum atomic E-state index is 12.0. The van der Waals surface area contributed by atoms with Gasteiger partial charge in [-0.25, -0.2) is 0 Å². The molecule has 0 aromatic heterocycles. The summed E-state index contributed by atoms with van der Waals surface area (Å²) in [5.41, 5.74) is 7.17. The number of benzene rings is 1. The molecule has 6 heteroatoms. The molecule has 2 rings (SSSR count). The van der Waals surface area contributed by atoms with Gasteiger partial charge in [-0.15, -0.1) is 12.4 Å². The first-order valence-corrected chi connectivity index (χ1v) is 6.02. The second-order valence-electron chi connectivity index (χ2n) is 4.53. The van der Waals surface area contributed by atoms with Crippen molar-refractivity contribution in [2.75, 3.05) is 11.9 Å². The average Bonchev–Trinajstić information content (AvgIpc) is 2.85. The molecule has 0 spiro atoms. The third-order valence-corrected chi connectivity index (χ3v) is 3.16. The van der Waals surface area contributed by atoms with Gasteiger partial charge in [0.25, 0.3) is 0 Å². The fourth-order valence-corrected chi connectivity index (χ4v) is 2.04. The molecule has 1 unspecified atom stereocenters. The number of carbonyl (C=O) groups is 2. The lowest BCUT2D eigenvalue weighted by molar-refractivity contribution is -0.117. The molecule has 1 aromatic rings. The molecule has 4 N–H and O–H groups in total. The molecule has 0 bridgehead atoms. The molecular weight excluding hydrogens is 266 g/mol. The van der Waals surface area contributed by atoms with Crippen molar-refractivity contribution in [1.29, 1.82) is 0 Å². The fraction of sp³-hybridized carbons (Fsp3) is 0.385. The lowest BCUT2D eigenvalue weighted by Crippen LogP contribution is -2.35. The van der Waals surface area contributed by atoms with Crippen molar-refractivity contribution < 1.29 is 9.59 Å². The summed E-state index contributed by atoms with van der Waals surface area (Å²) in [6.45, 7) is 2.75. The third kappa shape index (κ3) is 3.68. The summed E-state index contributed by atoms with van der Waals surface area (Å²) >= 11 is 0. The molecule has 1 heterocycles. The Hall–Kier alpha value is -1.59. The summed E-state index contributed by atoms with van der Waals surface area (Å²) in [6.07, 6.45) is 1.86. The highest BCUT2D eigenvalue weighted by atomic mass is 35.5. The van der Waals surface area contributed by atoms with Gasteiger partial charge in [0, 0.05) is 11.3 Å². The number of aryl methyl sites for hydroxylation is 1. The van der Waals surface area contributed by atoms with Crippen LogP contribution in [0.25, 0.3) is 0 Å². The monoisotopic (exact) mass is 283 g/mol. The number of nitrogens with two attached hydrogens (primary N) is 1. The maximum absolute atomic E-state index is 12.0. The smallest absolute Gasteiger partial charge is 0.248 e. The number of halogens is 1. The van der Waals surface area contributed by atoms with Crippen LogP contribution in [0.15, 0.2) is 18.2 Å². The highest BCUT2D eigenvalue weighted by Crippen LogP contribution is 2.18. The van der Waals surface area contributed by atoms with Crippen LogP contribution in [0.5, 0.6) is 0 Å². The van der Waals surface area contributed by atoms with Crippen LogP contribution in [-0.4, -0.2) is 24.4 Å². The first-order valence-electron chi connectivity index (χ1n) is 6.02.